The van der Waals surface area contributed by atoms with Gasteiger partial charge in [0.05, 0.1) is 12.6 Å². The van der Waals surface area contributed by atoms with Crippen molar-refractivity contribution in [3.63, 3.8) is 0 Å². The summed E-state index contributed by atoms with van der Waals surface area (Å²) >= 11 is 1.84. The number of rotatable bonds is 9. The molecule has 1 atom stereocenters. The first kappa shape index (κ1) is 20.3. The zero-order valence-electron chi connectivity index (χ0n) is 13.7. The fourth-order valence-corrected chi connectivity index (χ4v) is 3.17. The molecular formula is C17H27ClN2O2S. The molecule has 0 saturated carbocycles. The van der Waals surface area contributed by atoms with Gasteiger partial charge in [0.2, 0.25) is 5.91 Å². The van der Waals surface area contributed by atoms with Crippen LogP contribution in [0.25, 0.3) is 0 Å². The average molecular weight is 359 g/mol. The molecule has 4 nitrogen and oxygen atoms in total. The van der Waals surface area contributed by atoms with E-state index in [1.54, 1.807) is 0 Å². The molecule has 6 heteroatoms. The van der Waals surface area contributed by atoms with Gasteiger partial charge in [0, 0.05) is 31.2 Å². The summed E-state index contributed by atoms with van der Waals surface area (Å²) < 4.78 is 5.50. The fraction of sp³-hybridized carbons (Fsp3) is 0.588. The van der Waals surface area contributed by atoms with Crippen molar-refractivity contribution in [2.75, 3.05) is 32.0 Å². The Bertz CT molecular complexity index is 450. The van der Waals surface area contributed by atoms with E-state index in [4.69, 9.17) is 4.74 Å². The number of aryl methyl sites for hydroxylation is 1. The van der Waals surface area contributed by atoms with E-state index in [0.717, 1.165) is 44.0 Å². The molecular weight excluding hydrogens is 332 g/mol. The van der Waals surface area contributed by atoms with Gasteiger partial charge in [-0.15, -0.1) is 12.4 Å². The van der Waals surface area contributed by atoms with Gasteiger partial charge in [-0.25, -0.2) is 0 Å². The number of thioether (sulfide) groups is 1. The predicted molar refractivity (Wildman–Crippen MR) is 99.4 cm³/mol. The Morgan fingerprint density at radius 2 is 2.13 bits per heavy atom. The van der Waals surface area contributed by atoms with Gasteiger partial charge in [-0.3, -0.25) is 4.79 Å². The molecule has 130 valence electrons. The molecule has 1 aliphatic heterocycles. The fourth-order valence-electron chi connectivity index (χ4n) is 2.35. The first-order valence-electron chi connectivity index (χ1n) is 7.96. The minimum Gasteiger partial charge on any atom is -0.377 e. The third-order valence-corrected chi connectivity index (χ3v) is 4.67. The number of hydrogen-bond donors (Lipinski definition) is 2. The predicted octanol–water partition coefficient (Wildman–Crippen LogP) is 2.53. The second-order valence-corrected chi connectivity index (χ2v) is 6.76. The van der Waals surface area contributed by atoms with E-state index in [1.165, 1.54) is 11.1 Å². The maximum atomic E-state index is 11.7. The molecule has 0 aromatic heterocycles. The van der Waals surface area contributed by atoms with Gasteiger partial charge in [-0.2, -0.15) is 11.8 Å². The Kier molecular flexibility index (Phi) is 10.4. The number of hydrogen-bond acceptors (Lipinski definition) is 4. The smallest absolute Gasteiger partial charge is 0.233 e. The van der Waals surface area contributed by atoms with Gasteiger partial charge in [0.1, 0.15) is 0 Å². The van der Waals surface area contributed by atoms with Gasteiger partial charge in [0.25, 0.3) is 0 Å². The van der Waals surface area contributed by atoms with E-state index in [-0.39, 0.29) is 24.4 Å². The Morgan fingerprint density at radius 3 is 2.83 bits per heavy atom. The molecule has 0 radical (unpaired) electrons. The standard InChI is InChI=1S/C17H26N2O2S.ClH/c1-14-4-6-15(7-5-14)13-22-10-8-19-17(20)12-18-11-16-3-2-9-21-16;/h4-7,16,18H,2-3,8-13H2,1H3,(H,19,20);1H. The van der Waals surface area contributed by atoms with Crippen LogP contribution in [0.1, 0.15) is 24.0 Å². The molecule has 2 N–H and O–H groups in total. The molecule has 1 unspecified atom stereocenters. The van der Waals surface area contributed by atoms with Crippen molar-refractivity contribution < 1.29 is 9.53 Å². The number of nitrogens with one attached hydrogen (secondary N) is 2. The van der Waals surface area contributed by atoms with Crippen molar-refractivity contribution >= 4 is 30.1 Å². The van der Waals surface area contributed by atoms with E-state index in [1.807, 2.05) is 11.8 Å². The zero-order valence-corrected chi connectivity index (χ0v) is 15.3. The first-order valence-corrected chi connectivity index (χ1v) is 9.12. The SMILES string of the molecule is Cc1ccc(CSCCNC(=O)CNCC2CCCO2)cc1.Cl. The molecule has 1 aromatic rings. The number of benzene rings is 1. The van der Waals surface area contributed by atoms with Crippen LogP contribution < -0.4 is 10.6 Å². The van der Waals surface area contributed by atoms with Crippen molar-refractivity contribution in [3.8, 4) is 0 Å². The zero-order chi connectivity index (χ0) is 15.6. The van der Waals surface area contributed by atoms with Crippen molar-refractivity contribution in [1.82, 2.24) is 10.6 Å². The molecule has 1 aliphatic rings. The third-order valence-electron chi connectivity index (χ3n) is 3.64. The molecule has 1 saturated heterocycles. The Hall–Kier alpha value is -0.750. The first-order chi connectivity index (χ1) is 10.7. The van der Waals surface area contributed by atoms with E-state index < -0.39 is 0 Å². The molecule has 0 spiro atoms. The quantitative estimate of drug-likeness (QED) is 0.666. The largest absolute Gasteiger partial charge is 0.377 e. The van der Waals surface area contributed by atoms with Gasteiger partial charge in [-0.1, -0.05) is 29.8 Å². The lowest BCUT2D eigenvalue weighted by atomic mass is 10.2. The Labute approximate surface area is 149 Å². The normalized spacial score (nSPS) is 16.8. The Balaban J connectivity index is 0.00000264. The highest BCUT2D eigenvalue weighted by molar-refractivity contribution is 7.98. The second kappa shape index (κ2) is 11.7. The van der Waals surface area contributed by atoms with Gasteiger partial charge in [-0.05, 0) is 25.3 Å². The molecule has 1 fully saturated rings. The van der Waals surface area contributed by atoms with Crippen molar-refractivity contribution in [2.24, 2.45) is 0 Å². The van der Waals surface area contributed by atoms with Crippen molar-refractivity contribution in [2.45, 2.75) is 31.6 Å². The summed E-state index contributed by atoms with van der Waals surface area (Å²) in [6, 6.07) is 8.60. The van der Waals surface area contributed by atoms with E-state index in [9.17, 15) is 4.79 Å². The van der Waals surface area contributed by atoms with E-state index in [0.29, 0.717) is 6.54 Å². The van der Waals surface area contributed by atoms with Crippen LogP contribution in [0.4, 0.5) is 0 Å². The second-order valence-electron chi connectivity index (χ2n) is 5.65. The summed E-state index contributed by atoms with van der Waals surface area (Å²) in [6.45, 7) is 4.82. The summed E-state index contributed by atoms with van der Waals surface area (Å²) in [6.07, 6.45) is 2.53. The molecule has 1 aromatic carbocycles. The van der Waals surface area contributed by atoms with Crippen LogP contribution in [-0.2, 0) is 15.3 Å². The highest BCUT2D eigenvalue weighted by atomic mass is 35.5. The van der Waals surface area contributed by atoms with Gasteiger partial charge in [0.15, 0.2) is 0 Å². The lowest BCUT2D eigenvalue weighted by Crippen LogP contribution is -2.37. The van der Waals surface area contributed by atoms with Crippen molar-refractivity contribution in [1.29, 1.82) is 0 Å². The maximum absolute atomic E-state index is 11.7. The topological polar surface area (TPSA) is 50.4 Å². The van der Waals surface area contributed by atoms with Crippen LogP contribution in [0.2, 0.25) is 0 Å². The Morgan fingerprint density at radius 1 is 1.35 bits per heavy atom. The summed E-state index contributed by atoms with van der Waals surface area (Å²) in [4.78, 5) is 11.7. The van der Waals surface area contributed by atoms with Crippen LogP contribution in [-0.4, -0.2) is 44.0 Å². The molecule has 2 rings (SSSR count). The number of halogens is 1. The maximum Gasteiger partial charge on any atom is 0.233 e. The summed E-state index contributed by atoms with van der Waals surface area (Å²) in [7, 11) is 0. The van der Waals surface area contributed by atoms with Gasteiger partial charge >= 0.3 is 0 Å². The number of carbonyl (C=O) groups excluding carboxylic acids is 1. The van der Waals surface area contributed by atoms with Crippen LogP contribution in [0.3, 0.4) is 0 Å². The average Bonchev–Trinajstić information content (AvgIpc) is 3.02. The van der Waals surface area contributed by atoms with Crippen LogP contribution in [0.5, 0.6) is 0 Å². The highest BCUT2D eigenvalue weighted by Gasteiger charge is 2.14. The third kappa shape index (κ3) is 8.61. The lowest BCUT2D eigenvalue weighted by Gasteiger charge is -2.10. The minimum absolute atomic E-state index is 0. The summed E-state index contributed by atoms with van der Waals surface area (Å²) in [5.41, 5.74) is 2.62. The minimum atomic E-state index is 0. The number of ether oxygens (including phenoxy) is 1. The van der Waals surface area contributed by atoms with Crippen LogP contribution in [0, 0.1) is 6.92 Å². The summed E-state index contributed by atoms with van der Waals surface area (Å²) in [5.74, 6) is 1.99. The number of carbonyl (C=O) groups is 1. The molecule has 1 heterocycles. The molecule has 0 aliphatic carbocycles. The molecule has 23 heavy (non-hydrogen) atoms. The monoisotopic (exact) mass is 358 g/mol. The van der Waals surface area contributed by atoms with E-state index >= 15 is 0 Å². The number of amides is 1. The molecule has 0 bridgehead atoms. The van der Waals surface area contributed by atoms with Gasteiger partial charge < -0.3 is 15.4 Å². The summed E-state index contributed by atoms with van der Waals surface area (Å²) in [5, 5.41) is 6.10. The molecule has 1 amide bonds. The van der Waals surface area contributed by atoms with Crippen LogP contribution in [0.15, 0.2) is 24.3 Å². The highest BCUT2D eigenvalue weighted by Crippen LogP contribution is 2.12. The van der Waals surface area contributed by atoms with Crippen molar-refractivity contribution in [3.05, 3.63) is 35.4 Å². The van der Waals surface area contributed by atoms with Crippen LogP contribution >= 0.6 is 24.2 Å². The lowest BCUT2D eigenvalue weighted by molar-refractivity contribution is -0.120. The van der Waals surface area contributed by atoms with E-state index in [2.05, 4.69) is 41.8 Å².